The lowest BCUT2D eigenvalue weighted by atomic mass is 9.86. The molecule has 1 aromatic rings. The van der Waals surface area contributed by atoms with E-state index in [0.29, 0.717) is 0 Å². The molecule has 0 radical (unpaired) electrons. The second kappa shape index (κ2) is 6.53. The van der Waals surface area contributed by atoms with Crippen LogP contribution in [0.25, 0.3) is 0 Å². The Morgan fingerprint density at radius 1 is 1.20 bits per heavy atom. The Balaban J connectivity index is 2.92. The molecule has 112 valence electrons. The predicted octanol–water partition coefficient (Wildman–Crippen LogP) is 4.34. The molecule has 0 aromatic heterocycles. The van der Waals surface area contributed by atoms with Crippen LogP contribution in [-0.2, 0) is 10.2 Å². The van der Waals surface area contributed by atoms with Crippen LogP contribution in [0.3, 0.4) is 0 Å². The molecule has 0 bridgehead atoms. The maximum absolute atomic E-state index is 11.7. The molecule has 1 aromatic carbocycles. The molecule has 0 unspecified atom stereocenters. The Bertz CT molecular complexity index is 441. The van der Waals surface area contributed by atoms with Crippen molar-refractivity contribution in [1.82, 2.24) is 4.90 Å². The fraction of sp³-hybridized carbons (Fsp3) is 0.611. The van der Waals surface area contributed by atoms with Gasteiger partial charge in [0, 0.05) is 6.04 Å². The summed E-state index contributed by atoms with van der Waals surface area (Å²) < 4.78 is 0. The second-order valence-electron chi connectivity index (χ2n) is 6.75. The average Bonchev–Trinajstić information content (AvgIpc) is 2.37. The maximum Gasteiger partial charge on any atom is 0.146 e. The summed E-state index contributed by atoms with van der Waals surface area (Å²) in [6.07, 6.45) is 0.857. The van der Waals surface area contributed by atoms with Crippen molar-refractivity contribution in [2.24, 2.45) is 0 Å². The minimum atomic E-state index is 0.00675. The summed E-state index contributed by atoms with van der Waals surface area (Å²) in [5.74, 6) is 0.244. The Morgan fingerprint density at radius 3 is 2.05 bits per heavy atom. The molecule has 2 nitrogen and oxygen atoms in total. The van der Waals surface area contributed by atoms with E-state index in [0.717, 1.165) is 6.42 Å². The molecule has 0 aliphatic rings. The molecule has 0 spiro atoms. The van der Waals surface area contributed by atoms with Gasteiger partial charge in [-0.05, 0) is 43.9 Å². The highest BCUT2D eigenvalue weighted by atomic mass is 16.1. The fourth-order valence-corrected chi connectivity index (χ4v) is 2.63. The van der Waals surface area contributed by atoms with E-state index < -0.39 is 0 Å². The highest BCUT2D eigenvalue weighted by molar-refractivity contribution is 5.81. The zero-order valence-corrected chi connectivity index (χ0v) is 14.0. The van der Waals surface area contributed by atoms with E-state index in [9.17, 15) is 4.79 Å². The molecule has 1 rings (SSSR count). The molecular weight excluding hydrogens is 246 g/mol. The van der Waals surface area contributed by atoms with Crippen molar-refractivity contribution in [3.05, 3.63) is 35.4 Å². The van der Waals surface area contributed by atoms with E-state index in [1.165, 1.54) is 11.1 Å². The van der Waals surface area contributed by atoms with Gasteiger partial charge in [0.2, 0.25) is 0 Å². The van der Waals surface area contributed by atoms with Crippen LogP contribution in [0, 0.1) is 0 Å². The van der Waals surface area contributed by atoms with Crippen LogP contribution >= 0.6 is 0 Å². The van der Waals surface area contributed by atoms with Gasteiger partial charge in [-0.2, -0.15) is 0 Å². The van der Waals surface area contributed by atoms with E-state index in [1.807, 2.05) is 7.05 Å². The van der Waals surface area contributed by atoms with Crippen LogP contribution < -0.4 is 0 Å². The van der Waals surface area contributed by atoms with E-state index in [2.05, 4.69) is 63.8 Å². The SMILES string of the molecule is CC[C@@H](C(C)=O)N(C)[C@H](C)c1ccc(C(C)(C)C)cc1. The van der Waals surface area contributed by atoms with Gasteiger partial charge in [0.1, 0.15) is 5.78 Å². The number of carbonyl (C=O) groups excluding carboxylic acids is 1. The van der Waals surface area contributed by atoms with Crippen molar-refractivity contribution in [3.8, 4) is 0 Å². The van der Waals surface area contributed by atoms with Crippen molar-refractivity contribution < 1.29 is 4.79 Å². The number of nitrogens with zero attached hydrogens (tertiary/aromatic N) is 1. The van der Waals surface area contributed by atoms with E-state index in [-0.39, 0.29) is 23.3 Å². The van der Waals surface area contributed by atoms with E-state index in [1.54, 1.807) is 6.92 Å². The highest BCUT2D eigenvalue weighted by Crippen LogP contribution is 2.26. The second-order valence-corrected chi connectivity index (χ2v) is 6.75. The first-order chi connectivity index (χ1) is 9.18. The number of hydrogen-bond acceptors (Lipinski definition) is 2. The lowest BCUT2D eigenvalue weighted by Gasteiger charge is -2.31. The zero-order chi connectivity index (χ0) is 15.5. The lowest BCUT2D eigenvalue weighted by molar-refractivity contribution is -0.122. The van der Waals surface area contributed by atoms with Gasteiger partial charge in [-0.3, -0.25) is 9.69 Å². The number of ketones is 1. The molecule has 0 heterocycles. The minimum absolute atomic E-state index is 0.00675. The average molecular weight is 275 g/mol. The maximum atomic E-state index is 11.7. The molecule has 0 aliphatic heterocycles. The van der Waals surface area contributed by atoms with Gasteiger partial charge < -0.3 is 0 Å². The largest absolute Gasteiger partial charge is 0.298 e. The third-order valence-corrected chi connectivity index (χ3v) is 4.22. The van der Waals surface area contributed by atoms with Gasteiger partial charge in [-0.15, -0.1) is 0 Å². The molecular formula is C18H29NO. The number of benzene rings is 1. The summed E-state index contributed by atoms with van der Waals surface area (Å²) in [4.78, 5) is 13.9. The summed E-state index contributed by atoms with van der Waals surface area (Å²) in [5, 5.41) is 0. The predicted molar refractivity (Wildman–Crippen MR) is 86.1 cm³/mol. The topological polar surface area (TPSA) is 20.3 Å². The quantitative estimate of drug-likeness (QED) is 0.796. The first-order valence-electron chi connectivity index (χ1n) is 7.51. The highest BCUT2D eigenvalue weighted by Gasteiger charge is 2.23. The molecule has 0 fully saturated rings. The normalized spacial score (nSPS) is 15.2. The number of carbonyl (C=O) groups is 1. The van der Waals surface area contributed by atoms with Crippen LogP contribution in [0.5, 0.6) is 0 Å². The molecule has 0 amide bonds. The molecule has 2 atom stereocenters. The van der Waals surface area contributed by atoms with Gasteiger partial charge in [-0.25, -0.2) is 0 Å². The summed E-state index contributed by atoms with van der Waals surface area (Å²) in [5.41, 5.74) is 2.79. The minimum Gasteiger partial charge on any atom is -0.298 e. The molecule has 0 N–H and O–H groups in total. The Labute approximate surface area is 124 Å². The van der Waals surface area contributed by atoms with E-state index >= 15 is 0 Å². The summed E-state index contributed by atoms with van der Waals surface area (Å²) >= 11 is 0. The standard InChI is InChI=1S/C18H29NO/c1-8-17(14(3)20)19(7)13(2)15-9-11-16(12-10-15)18(4,5)6/h9-13,17H,8H2,1-7H3/t13-,17+/m1/s1. The molecule has 0 saturated heterocycles. The number of likely N-dealkylation sites (N-methyl/N-ethyl adjacent to an activating group) is 1. The van der Waals surface area contributed by atoms with Crippen molar-refractivity contribution in [1.29, 1.82) is 0 Å². The van der Waals surface area contributed by atoms with Crippen molar-refractivity contribution >= 4 is 5.78 Å². The smallest absolute Gasteiger partial charge is 0.146 e. The summed E-state index contributed by atoms with van der Waals surface area (Å²) in [6, 6.07) is 9.04. The Hall–Kier alpha value is -1.15. The van der Waals surface area contributed by atoms with Crippen molar-refractivity contribution in [3.63, 3.8) is 0 Å². The zero-order valence-electron chi connectivity index (χ0n) is 14.0. The van der Waals surface area contributed by atoms with Crippen molar-refractivity contribution in [2.45, 2.75) is 65.5 Å². The fourth-order valence-electron chi connectivity index (χ4n) is 2.63. The van der Waals surface area contributed by atoms with Crippen LogP contribution in [-0.4, -0.2) is 23.8 Å². The number of hydrogen-bond donors (Lipinski definition) is 0. The van der Waals surface area contributed by atoms with Gasteiger partial charge >= 0.3 is 0 Å². The lowest BCUT2D eigenvalue weighted by Crippen LogP contribution is -2.38. The first-order valence-corrected chi connectivity index (χ1v) is 7.51. The first kappa shape index (κ1) is 16.9. The molecule has 0 aliphatic carbocycles. The van der Waals surface area contributed by atoms with Crippen LogP contribution in [0.1, 0.15) is 65.1 Å². The van der Waals surface area contributed by atoms with Gasteiger partial charge in [0.15, 0.2) is 0 Å². The third kappa shape index (κ3) is 3.92. The molecule has 0 saturated carbocycles. The summed E-state index contributed by atoms with van der Waals surface area (Å²) in [6.45, 7) is 12.6. The Morgan fingerprint density at radius 2 is 1.70 bits per heavy atom. The molecule has 20 heavy (non-hydrogen) atoms. The van der Waals surface area contributed by atoms with Gasteiger partial charge in [-0.1, -0.05) is 52.0 Å². The van der Waals surface area contributed by atoms with Crippen LogP contribution in [0.15, 0.2) is 24.3 Å². The molecule has 2 heteroatoms. The number of Topliss-reactive ketones (excluding diaryl/α,β-unsaturated/α-hetero) is 1. The third-order valence-electron chi connectivity index (χ3n) is 4.22. The van der Waals surface area contributed by atoms with Gasteiger partial charge in [0.25, 0.3) is 0 Å². The van der Waals surface area contributed by atoms with Crippen molar-refractivity contribution in [2.75, 3.05) is 7.05 Å². The van der Waals surface area contributed by atoms with E-state index in [4.69, 9.17) is 0 Å². The number of rotatable bonds is 5. The summed E-state index contributed by atoms with van der Waals surface area (Å²) in [7, 11) is 2.04. The van der Waals surface area contributed by atoms with Gasteiger partial charge in [0.05, 0.1) is 6.04 Å². The Kier molecular flexibility index (Phi) is 5.52. The van der Waals surface area contributed by atoms with Crippen LogP contribution in [0.2, 0.25) is 0 Å². The monoisotopic (exact) mass is 275 g/mol. The van der Waals surface area contributed by atoms with Crippen LogP contribution in [0.4, 0.5) is 0 Å².